The molecule has 3 rings (SSSR count). The van der Waals surface area contributed by atoms with Crippen molar-refractivity contribution < 1.29 is 9.18 Å². The molecule has 0 spiro atoms. The first-order chi connectivity index (χ1) is 11.2. The third kappa shape index (κ3) is 3.11. The normalized spacial score (nSPS) is 14.7. The monoisotopic (exact) mass is 347 g/mol. The Morgan fingerprint density at radius 2 is 2.12 bits per heavy atom. The summed E-state index contributed by atoms with van der Waals surface area (Å²) in [5.41, 5.74) is 0.639. The number of amides is 1. The number of hydrogen-bond acceptors (Lipinski definition) is 2. The Kier molecular flexibility index (Phi) is 4.05. The minimum Gasteiger partial charge on any atom is -0.323 e. The van der Waals surface area contributed by atoms with E-state index in [1.54, 1.807) is 6.07 Å². The van der Waals surface area contributed by atoms with E-state index in [2.05, 4.69) is 5.32 Å². The Balaban J connectivity index is 2.12. The number of nitriles is 1. The molecule has 0 bridgehead atoms. The molecule has 1 heterocycles. The van der Waals surface area contributed by atoms with Crippen molar-refractivity contribution >= 4 is 34.2 Å². The van der Waals surface area contributed by atoms with Crippen molar-refractivity contribution in [2.45, 2.75) is 46.1 Å². The minimum atomic E-state index is -0.542. The molecule has 1 aliphatic carbocycles. The van der Waals surface area contributed by atoms with Gasteiger partial charge in [-0.15, -0.1) is 0 Å². The molecule has 1 saturated carbocycles. The van der Waals surface area contributed by atoms with Crippen LogP contribution in [-0.4, -0.2) is 10.5 Å². The van der Waals surface area contributed by atoms with Gasteiger partial charge in [0, 0.05) is 12.5 Å². The van der Waals surface area contributed by atoms with Crippen LogP contribution in [0, 0.1) is 22.6 Å². The molecule has 0 radical (unpaired) electrons. The van der Waals surface area contributed by atoms with E-state index in [0.717, 1.165) is 12.8 Å². The van der Waals surface area contributed by atoms with Gasteiger partial charge in [0.05, 0.1) is 27.6 Å². The maximum Gasteiger partial charge on any atom is 0.226 e. The second-order valence-electron chi connectivity index (χ2n) is 7.51. The van der Waals surface area contributed by atoms with Crippen LogP contribution in [0.25, 0.3) is 10.9 Å². The number of rotatable bonds is 3. The van der Waals surface area contributed by atoms with Gasteiger partial charge in [-0.1, -0.05) is 32.4 Å². The maximum absolute atomic E-state index is 14.4. The number of halogens is 2. The predicted molar refractivity (Wildman–Crippen MR) is 92.6 cm³/mol. The average Bonchev–Trinajstić information content (AvgIpc) is 3.24. The first kappa shape index (κ1) is 16.8. The van der Waals surface area contributed by atoms with Gasteiger partial charge in [-0.3, -0.25) is 4.79 Å². The molecule has 1 fully saturated rings. The van der Waals surface area contributed by atoms with Crippen molar-refractivity contribution in [1.29, 1.82) is 5.26 Å². The van der Waals surface area contributed by atoms with Gasteiger partial charge in [0.1, 0.15) is 11.6 Å². The summed E-state index contributed by atoms with van der Waals surface area (Å²) in [4.78, 5) is 12.3. The summed E-state index contributed by atoms with van der Waals surface area (Å²) in [5, 5.41) is 12.4. The number of anilines is 1. The molecule has 126 valence electrons. The Bertz CT molecular complexity index is 869. The largest absolute Gasteiger partial charge is 0.323 e. The Hall–Kier alpha value is -2.06. The summed E-state index contributed by atoms with van der Waals surface area (Å²) < 4.78 is 16.3. The number of fused-ring (bicyclic) bond motifs is 1. The lowest BCUT2D eigenvalue weighted by Crippen LogP contribution is -2.21. The Labute approximate surface area is 145 Å². The van der Waals surface area contributed by atoms with Gasteiger partial charge >= 0.3 is 0 Å². The van der Waals surface area contributed by atoms with Crippen LogP contribution in [0.3, 0.4) is 0 Å². The molecule has 1 aromatic carbocycles. The highest BCUT2D eigenvalue weighted by molar-refractivity contribution is 6.39. The van der Waals surface area contributed by atoms with Gasteiger partial charge in [0.25, 0.3) is 0 Å². The molecular formula is C18H19ClFN3O. The molecule has 0 aliphatic heterocycles. The van der Waals surface area contributed by atoms with Gasteiger partial charge in [-0.05, 0) is 30.4 Å². The van der Waals surface area contributed by atoms with E-state index >= 15 is 0 Å². The lowest BCUT2D eigenvalue weighted by atomic mass is 9.92. The van der Waals surface area contributed by atoms with Crippen molar-refractivity contribution in [2.24, 2.45) is 5.41 Å². The quantitative estimate of drug-likeness (QED) is 0.847. The van der Waals surface area contributed by atoms with E-state index < -0.39 is 5.82 Å². The van der Waals surface area contributed by atoms with E-state index in [9.17, 15) is 9.18 Å². The minimum absolute atomic E-state index is 0.157. The summed E-state index contributed by atoms with van der Waals surface area (Å²) in [6.07, 6.45) is 2.22. The lowest BCUT2D eigenvalue weighted by molar-refractivity contribution is -0.117. The SMILES string of the molecule is CC(C)(C)CC(=O)Nc1c(Cl)c2c(F)cc(C#N)cc2n1C1CC1. The second kappa shape index (κ2) is 5.78. The fourth-order valence-corrected chi connectivity index (χ4v) is 3.22. The summed E-state index contributed by atoms with van der Waals surface area (Å²) in [7, 11) is 0. The fourth-order valence-electron chi connectivity index (χ4n) is 2.89. The smallest absolute Gasteiger partial charge is 0.226 e. The molecule has 24 heavy (non-hydrogen) atoms. The first-order valence-corrected chi connectivity index (χ1v) is 8.32. The molecule has 4 nitrogen and oxygen atoms in total. The zero-order valence-corrected chi connectivity index (χ0v) is 14.7. The van der Waals surface area contributed by atoms with Crippen molar-refractivity contribution in [1.82, 2.24) is 4.57 Å². The number of nitrogens with one attached hydrogen (secondary N) is 1. The molecule has 0 unspecified atom stereocenters. The van der Waals surface area contributed by atoms with Crippen LogP contribution in [0.2, 0.25) is 5.02 Å². The summed E-state index contributed by atoms with van der Waals surface area (Å²) in [5.74, 6) is -0.271. The molecule has 0 saturated heterocycles. The number of carbonyl (C=O) groups excluding carboxylic acids is 1. The number of nitrogens with zero attached hydrogens (tertiary/aromatic N) is 2. The predicted octanol–water partition coefficient (Wildman–Crippen LogP) is 5.02. The highest BCUT2D eigenvalue weighted by Crippen LogP contribution is 2.46. The van der Waals surface area contributed by atoms with Gasteiger partial charge < -0.3 is 9.88 Å². The van der Waals surface area contributed by atoms with Crippen molar-refractivity contribution in [3.8, 4) is 6.07 Å². The van der Waals surface area contributed by atoms with Crippen LogP contribution >= 0.6 is 11.6 Å². The lowest BCUT2D eigenvalue weighted by Gasteiger charge is -2.18. The summed E-state index contributed by atoms with van der Waals surface area (Å²) in [6.45, 7) is 5.93. The summed E-state index contributed by atoms with van der Waals surface area (Å²) >= 11 is 6.39. The van der Waals surface area contributed by atoms with Gasteiger partial charge in [0.2, 0.25) is 5.91 Å². The van der Waals surface area contributed by atoms with Gasteiger partial charge in [-0.2, -0.15) is 5.26 Å². The number of hydrogen-bond donors (Lipinski definition) is 1. The third-order valence-electron chi connectivity index (χ3n) is 3.99. The van der Waals surface area contributed by atoms with Crippen molar-refractivity contribution in [3.63, 3.8) is 0 Å². The molecule has 1 N–H and O–H groups in total. The van der Waals surface area contributed by atoms with Crippen LogP contribution in [0.1, 0.15) is 51.6 Å². The van der Waals surface area contributed by atoms with E-state index in [0.29, 0.717) is 17.8 Å². The van der Waals surface area contributed by atoms with E-state index in [1.807, 2.05) is 31.4 Å². The highest BCUT2D eigenvalue weighted by Gasteiger charge is 2.32. The maximum atomic E-state index is 14.4. The summed E-state index contributed by atoms with van der Waals surface area (Å²) in [6, 6.07) is 4.94. The standard InChI is InChI=1S/C18H19ClFN3O/c1-18(2,3)8-14(24)22-17-16(19)15-12(20)6-10(9-21)7-13(15)23(17)11-4-5-11/h6-7,11H,4-5,8H2,1-3H3,(H,22,24). The molecule has 6 heteroatoms. The fraction of sp³-hybridized carbons (Fsp3) is 0.444. The van der Waals surface area contributed by atoms with Gasteiger partial charge in [-0.25, -0.2) is 4.39 Å². The average molecular weight is 348 g/mol. The van der Waals surface area contributed by atoms with Crippen LogP contribution < -0.4 is 5.32 Å². The molecule has 1 aromatic heterocycles. The molecule has 1 aliphatic rings. The molecular weight excluding hydrogens is 329 g/mol. The number of aromatic nitrogens is 1. The van der Waals surface area contributed by atoms with Crippen LogP contribution in [0.15, 0.2) is 12.1 Å². The second-order valence-corrected chi connectivity index (χ2v) is 7.89. The van der Waals surface area contributed by atoms with Crippen molar-refractivity contribution in [3.05, 3.63) is 28.5 Å². The molecule has 2 aromatic rings. The van der Waals surface area contributed by atoms with Crippen LogP contribution in [0.4, 0.5) is 10.2 Å². The molecule has 0 atom stereocenters. The topological polar surface area (TPSA) is 57.8 Å². The van der Waals surface area contributed by atoms with E-state index in [-0.39, 0.29) is 33.3 Å². The van der Waals surface area contributed by atoms with E-state index in [4.69, 9.17) is 16.9 Å². The van der Waals surface area contributed by atoms with Crippen LogP contribution in [0.5, 0.6) is 0 Å². The number of benzene rings is 1. The number of carbonyl (C=O) groups is 1. The van der Waals surface area contributed by atoms with E-state index in [1.165, 1.54) is 6.07 Å². The highest BCUT2D eigenvalue weighted by atomic mass is 35.5. The third-order valence-corrected chi connectivity index (χ3v) is 4.36. The zero-order valence-electron chi connectivity index (χ0n) is 13.9. The Morgan fingerprint density at radius 3 is 2.67 bits per heavy atom. The Morgan fingerprint density at radius 1 is 1.46 bits per heavy atom. The molecule has 1 amide bonds. The zero-order chi connectivity index (χ0) is 17.6. The van der Waals surface area contributed by atoms with Gasteiger partial charge in [0.15, 0.2) is 0 Å². The van der Waals surface area contributed by atoms with Crippen LogP contribution in [-0.2, 0) is 4.79 Å². The first-order valence-electron chi connectivity index (χ1n) is 7.94. The van der Waals surface area contributed by atoms with Crippen molar-refractivity contribution in [2.75, 3.05) is 5.32 Å².